The van der Waals surface area contributed by atoms with Crippen molar-refractivity contribution in [2.24, 2.45) is 0 Å². The molecule has 3 nitrogen and oxygen atoms in total. The summed E-state index contributed by atoms with van der Waals surface area (Å²) < 4.78 is 31.1. The number of rotatable bonds is 2. The third-order valence-corrected chi connectivity index (χ3v) is 3.01. The second-order valence-corrected chi connectivity index (χ2v) is 4.35. The SMILES string of the molecule is Fc1cc2nc(Sc3ccco3)[nH]c2cc1F. The molecule has 0 amide bonds. The molecule has 1 N–H and O–H groups in total. The minimum Gasteiger partial charge on any atom is -0.458 e. The number of H-pyrrole nitrogens is 1. The van der Waals surface area contributed by atoms with Gasteiger partial charge in [-0.15, -0.1) is 0 Å². The van der Waals surface area contributed by atoms with Gasteiger partial charge in [-0.3, -0.25) is 0 Å². The molecule has 0 aliphatic heterocycles. The van der Waals surface area contributed by atoms with Crippen LogP contribution in [0.1, 0.15) is 0 Å². The van der Waals surface area contributed by atoms with Gasteiger partial charge in [-0.05, 0) is 23.9 Å². The summed E-state index contributed by atoms with van der Waals surface area (Å²) in [6.07, 6.45) is 1.55. The van der Waals surface area contributed by atoms with E-state index in [1.54, 1.807) is 18.4 Å². The summed E-state index contributed by atoms with van der Waals surface area (Å²) >= 11 is 1.25. The van der Waals surface area contributed by atoms with Gasteiger partial charge in [-0.1, -0.05) is 0 Å². The number of nitrogens with zero attached hydrogens (tertiary/aromatic N) is 1. The topological polar surface area (TPSA) is 41.8 Å². The van der Waals surface area contributed by atoms with Crippen molar-refractivity contribution in [3.63, 3.8) is 0 Å². The van der Waals surface area contributed by atoms with Crippen LogP contribution >= 0.6 is 11.8 Å². The lowest BCUT2D eigenvalue weighted by Crippen LogP contribution is -1.82. The fraction of sp³-hybridized carbons (Fsp3) is 0. The van der Waals surface area contributed by atoms with Gasteiger partial charge >= 0.3 is 0 Å². The van der Waals surface area contributed by atoms with Crippen LogP contribution in [0.5, 0.6) is 0 Å². The van der Waals surface area contributed by atoms with E-state index >= 15 is 0 Å². The molecule has 0 saturated carbocycles. The summed E-state index contributed by atoms with van der Waals surface area (Å²) in [5, 5.41) is 1.19. The van der Waals surface area contributed by atoms with E-state index in [-0.39, 0.29) is 0 Å². The fourth-order valence-corrected chi connectivity index (χ4v) is 2.19. The molecule has 0 spiro atoms. The van der Waals surface area contributed by atoms with E-state index in [1.807, 2.05) is 0 Å². The molecule has 0 aliphatic carbocycles. The molecule has 0 atom stereocenters. The van der Waals surface area contributed by atoms with Crippen LogP contribution in [0.25, 0.3) is 11.0 Å². The molecule has 0 bridgehead atoms. The number of aromatic nitrogens is 2. The van der Waals surface area contributed by atoms with E-state index < -0.39 is 11.6 Å². The number of hydrogen-bond acceptors (Lipinski definition) is 3. The maximum absolute atomic E-state index is 13.0. The van der Waals surface area contributed by atoms with Gasteiger partial charge in [0.05, 0.1) is 17.3 Å². The molecule has 6 heteroatoms. The summed E-state index contributed by atoms with van der Waals surface area (Å²) in [5.74, 6) is -1.80. The Balaban J connectivity index is 2.02. The van der Waals surface area contributed by atoms with Crippen LogP contribution in [-0.2, 0) is 0 Å². The zero-order valence-electron chi connectivity index (χ0n) is 8.41. The van der Waals surface area contributed by atoms with E-state index in [1.165, 1.54) is 11.8 Å². The molecule has 1 aromatic carbocycles. The number of furan rings is 1. The monoisotopic (exact) mass is 252 g/mol. The highest BCUT2D eigenvalue weighted by atomic mass is 32.2. The molecule has 86 valence electrons. The standard InChI is InChI=1S/C11H6F2N2OS/c12-6-4-8-9(5-7(6)13)15-11(14-8)17-10-2-1-3-16-10/h1-5H,(H,14,15). The second-order valence-electron chi connectivity index (χ2n) is 3.36. The Morgan fingerprint density at radius 2 is 2.06 bits per heavy atom. The Morgan fingerprint density at radius 1 is 1.24 bits per heavy atom. The molecule has 2 aromatic heterocycles. The average Bonchev–Trinajstić information content (AvgIpc) is 2.89. The number of nitrogens with one attached hydrogen (secondary N) is 1. The minimum atomic E-state index is -0.904. The van der Waals surface area contributed by atoms with Crippen LogP contribution in [0, 0.1) is 11.6 Å². The first-order chi connectivity index (χ1) is 8.22. The lowest BCUT2D eigenvalue weighted by atomic mass is 10.3. The quantitative estimate of drug-likeness (QED) is 0.757. The number of halogens is 2. The van der Waals surface area contributed by atoms with Crippen LogP contribution < -0.4 is 0 Å². The average molecular weight is 252 g/mol. The van der Waals surface area contributed by atoms with Crippen molar-refractivity contribution in [1.82, 2.24) is 9.97 Å². The highest BCUT2D eigenvalue weighted by Crippen LogP contribution is 2.27. The van der Waals surface area contributed by atoms with Crippen molar-refractivity contribution in [1.29, 1.82) is 0 Å². The van der Waals surface area contributed by atoms with E-state index in [4.69, 9.17) is 4.42 Å². The van der Waals surface area contributed by atoms with Crippen molar-refractivity contribution in [2.45, 2.75) is 10.2 Å². The van der Waals surface area contributed by atoms with Gasteiger partial charge in [-0.25, -0.2) is 13.8 Å². The van der Waals surface area contributed by atoms with Gasteiger partial charge in [0.25, 0.3) is 0 Å². The number of hydrogen-bond donors (Lipinski definition) is 1. The lowest BCUT2D eigenvalue weighted by molar-refractivity contribution is 0.474. The third kappa shape index (κ3) is 1.91. The first-order valence-corrected chi connectivity index (χ1v) is 5.60. The smallest absolute Gasteiger partial charge is 0.174 e. The van der Waals surface area contributed by atoms with Gasteiger partial charge in [0, 0.05) is 12.1 Å². The molecule has 0 fully saturated rings. The van der Waals surface area contributed by atoms with Crippen LogP contribution in [0.2, 0.25) is 0 Å². The van der Waals surface area contributed by atoms with Crippen LogP contribution in [-0.4, -0.2) is 9.97 Å². The first-order valence-electron chi connectivity index (χ1n) is 4.78. The Kier molecular flexibility index (Phi) is 2.36. The predicted molar refractivity (Wildman–Crippen MR) is 58.8 cm³/mol. The van der Waals surface area contributed by atoms with Crippen molar-refractivity contribution in [2.75, 3.05) is 0 Å². The molecular weight excluding hydrogens is 246 g/mol. The number of fused-ring (bicyclic) bond motifs is 1. The molecule has 0 saturated heterocycles. The number of aromatic amines is 1. The summed E-state index contributed by atoms with van der Waals surface area (Å²) in [4.78, 5) is 7.02. The van der Waals surface area contributed by atoms with E-state index in [0.29, 0.717) is 21.3 Å². The molecular formula is C11H6F2N2OS. The predicted octanol–water partition coefficient (Wildman–Crippen LogP) is 3.59. The second kappa shape index (κ2) is 3.89. The zero-order valence-corrected chi connectivity index (χ0v) is 9.22. The number of imidazole rings is 1. The summed E-state index contributed by atoms with van der Waals surface area (Å²) in [7, 11) is 0. The molecule has 3 rings (SSSR count). The largest absolute Gasteiger partial charge is 0.458 e. The van der Waals surface area contributed by atoms with Crippen LogP contribution in [0.4, 0.5) is 8.78 Å². The summed E-state index contributed by atoms with van der Waals surface area (Å²) in [5.41, 5.74) is 0.843. The first kappa shape index (κ1) is 10.3. The van der Waals surface area contributed by atoms with Crippen molar-refractivity contribution >= 4 is 22.8 Å². The van der Waals surface area contributed by atoms with Gasteiger partial charge in [0.1, 0.15) is 0 Å². The Bertz CT molecular complexity index is 624. The highest BCUT2D eigenvalue weighted by Gasteiger charge is 2.10. The Morgan fingerprint density at radius 3 is 2.82 bits per heavy atom. The zero-order chi connectivity index (χ0) is 11.8. The van der Waals surface area contributed by atoms with E-state index in [0.717, 1.165) is 12.1 Å². The summed E-state index contributed by atoms with van der Waals surface area (Å²) in [6.45, 7) is 0. The molecule has 0 unspecified atom stereocenters. The number of benzene rings is 1. The molecule has 0 aliphatic rings. The Labute approximate surface area is 98.8 Å². The highest BCUT2D eigenvalue weighted by molar-refractivity contribution is 7.99. The van der Waals surface area contributed by atoms with Crippen LogP contribution in [0.3, 0.4) is 0 Å². The van der Waals surface area contributed by atoms with Gasteiger partial charge < -0.3 is 9.40 Å². The third-order valence-electron chi connectivity index (χ3n) is 2.19. The fourth-order valence-electron chi connectivity index (χ4n) is 1.45. The Hall–Kier alpha value is -1.82. The van der Waals surface area contributed by atoms with Crippen molar-refractivity contribution < 1.29 is 13.2 Å². The van der Waals surface area contributed by atoms with Gasteiger partial charge in [0.15, 0.2) is 21.9 Å². The van der Waals surface area contributed by atoms with Gasteiger partial charge in [-0.2, -0.15) is 0 Å². The van der Waals surface area contributed by atoms with Crippen LogP contribution in [0.15, 0.2) is 45.2 Å². The maximum Gasteiger partial charge on any atom is 0.174 e. The molecule has 0 radical (unpaired) electrons. The minimum absolute atomic E-state index is 0.387. The molecule has 17 heavy (non-hydrogen) atoms. The van der Waals surface area contributed by atoms with Crippen molar-refractivity contribution in [3.05, 3.63) is 42.2 Å². The molecule has 2 heterocycles. The lowest BCUT2D eigenvalue weighted by Gasteiger charge is -1.90. The van der Waals surface area contributed by atoms with Crippen molar-refractivity contribution in [3.8, 4) is 0 Å². The van der Waals surface area contributed by atoms with E-state index in [2.05, 4.69) is 9.97 Å². The maximum atomic E-state index is 13.0. The molecule has 3 aromatic rings. The van der Waals surface area contributed by atoms with Gasteiger partial charge in [0.2, 0.25) is 0 Å². The summed E-state index contributed by atoms with van der Waals surface area (Å²) in [6, 6.07) is 5.68. The normalized spacial score (nSPS) is 11.2. The van der Waals surface area contributed by atoms with E-state index in [9.17, 15) is 8.78 Å².